The summed E-state index contributed by atoms with van der Waals surface area (Å²) in [4.78, 5) is 15.2. The van der Waals surface area contributed by atoms with Gasteiger partial charge in [-0.2, -0.15) is 0 Å². The Morgan fingerprint density at radius 1 is 1.48 bits per heavy atom. The normalized spacial score (nSPS) is 19.0. The molecule has 118 valence electrons. The second-order valence-corrected chi connectivity index (χ2v) is 6.72. The smallest absolute Gasteiger partial charge is 0.313 e. The Kier molecular flexibility index (Phi) is 5.10. The molecule has 0 amide bonds. The molecule has 0 spiro atoms. The van der Waals surface area contributed by atoms with Crippen LogP contribution >= 0.6 is 11.8 Å². The molecule has 2 heterocycles. The van der Waals surface area contributed by atoms with Gasteiger partial charge in [0.25, 0.3) is 0 Å². The van der Waals surface area contributed by atoms with E-state index < -0.39 is 5.97 Å². The zero-order valence-electron chi connectivity index (χ0n) is 13.0. The van der Waals surface area contributed by atoms with Crippen LogP contribution in [0.1, 0.15) is 26.3 Å². The van der Waals surface area contributed by atoms with E-state index in [1.807, 2.05) is 4.57 Å². The van der Waals surface area contributed by atoms with Crippen molar-refractivity contribution in [2.45, 2.75) is 37.5 Å². The van der Waals surface area contributed by atoms with Crippen LogP contribution in [0.3, 0.4) is 0 Å². The van der Waals surface area contributed by atoms with Gasteiger partial charge < -0.3 is 14.9 Å². The highest BCUT2D eigenvalue weighted by Crippen LogP contribution is 2.28. The number of likely N-dealkylation sites (N-methyl/N-ethyl adjacent to an activating group) is 1. The number of carboxylic acids is 1. The van der Waals surface area contributed by atoms with Gasteiger partial charge in [-0.3, -0.25) is 9.36 Å². The SMILES string of the molecule is CC(C)n1c(SCC(=O)O)nnc1N1CCC(N(C)C)C1. The quantitative estimate of drug-likeness (QED) is 0.790. The summed E-state index contributed by atoms with van der Waals surface area (Å²) in [6.45, 7) is 6.02. The first kappa shape index (κ1) is 16.1. The van der Waals surface area contributed by atoms with Crippen molar-refractivity contribution in [2.24, 2.45) is 0 Å². The van der Waals surface area contributed by atoms with Crippen LogP contribution in [0.2, 0.25) is 0 Å². The van der Waals surface area contributed by atoms with Crippen LogP contribution in [-0.2, 0) is 4.79 Å². The van der Waals surface area contributed by atoms with Gasteiger partial charge in [-0.05, 0) is 34.4 Å². The van der Waals surface area contributed by atoms with Crippen molar-refractivity contribution in [2.75, 3.05) is 37.8 Å². The van der Waals surface area contributed by atoms with Crippen LogP contribution in [0.25, 0.3) is 0 Å². The van der Waals surface area contributed by atoms with Crippen molar-refractivity contribution >= 4 is 23.7 Å². The minimum absolute atomic E-state index is 0.00514. The van der Waals surface area contributed by atoms with E-state index in [-0.39, 0.29) is 11.8 Å². The number of aromatic nitrogens is 3. The fourth-order valence-corrected chi connectivity index (χ4v) is 3.29. The number of carbonyl (C=O) groups is 1. The molecule has 0 bridgehead atoms. The van der Waals surface area contributed by atoms with Gasteiger partial charge in [0.05, 0.1) is 5.75 Å². The molecule has 0 aliphatic carbocycles. The zero-order valence-corrected chi connectivity index (χ0v) is 13.8. The Bertz CT molecular complexity index is 503. The van der Waals surface area contributed by atoms with Crippen LogP contribution in [0.4, 0.5) is 5.95 Å². The lowest BCUT2D eigenvalue weighted by Gasteiger charge is -2.23. The second kappa shape index (κ2) is 6.65. The maximum Gasteiger partial charge on any atom is 0.313 e. The molecule has 0 radical (unpaired) electrons. The van der Waals surface area contributed by atoms with E-state index in [1.165, 1.54) is 11.8 Å². The van der Waals surface area contributed by atoms with Gasteiger partial charge in [-0.1, -0.05) is 11.8 Å². The Morgan fingerprint density at radius 2 is 2.19 bits per heavy atom. The minimum atomic E-state index is -0.839. The number of aliphatic carboxylic acids is 1. The van der Waals surface area contributed by atoms with Crippen molar-refractivity contribution in [1.29, 1.82) is 0 Å². The first-order valence-corrected chi connectivity index (χ1v) is 8.09. The van der Waals surface area contributed by atoms with Crippen molar-refractivity contribution in [1.82, 2.24) is 19.7 Å². The number of hydrogen-bond donors (Lipinski definition) is 1. The summed E-state index contributed by atoms with van der Waals surface area (Å²) < 4.78 is 2.03. The lowest BCUT2D eigenvalue weighted by Crippen LogP contribution is -2.32. The Labute approximate surface area is 129 Å². The molecule has 1 saturated heterocycles. The van der Waals surface area contributed by atoms with Crippen molar-refractivity contribution < 1.29 is 9.90 Å². The molecule has 1 fully saturated rings. The van der Waals surface area contributed by atoms with Gasteiger partial charge in [0, 0.05) is 25.2 Å². The fraction of sp³-hybridized carbons (Fsp3) is 0.769. The highest BCUT2D eigenvalue weighted by atomic mass is 32.2. The summed E-state index contributed by atoms with van der Waals surface area (Å²) in [7, 11) is 4.19. The standard InChI is InChI=1S/C13H23N5O2S/c1-9(2)18-12(14-15-13(18)21-8-11(19)20)17-6-5-10(7-17)16(3)4/h9-10H,5-8H2,1-4H3,(H,19,20). The molecule has 1 aromatic rings. The summed E-state index contributed by atoms with van der Waals surface area (Å²) in [5.41, 5.74) is 0. The van der Waals surface area contributed by atoms with Crippen LogP contribution in [0.15, 0.2) is 5.16 Å². The molecule has 1 atom stereocenters. The first-order valence-electron chi connectivity index (χ1n) is 7.11. The monoisotopic (exact) mass is 313 g/mol. The largest absolute Gasteiger partial charge is 0.481 e. The van der Waals surface area contributed by atoms with E-state index in [4.69, 9.17) is 5.11 Å². The van der Waals surface area contributed by atoms with Gasteiger partial charge in [0.2, 0.25) is 5.95 Å². The van der Waals surface area contributed by atoms with Gasteiger partial charge in [0.15, 0.2) is 5.16 Å². The van der Waals surface area contributed by atoms with E-state index in [2.05, 4.69) is 47.9 Å². The summed E-state index contributed by atoms with van der Waals surface area (Å²) in [6.07, 6.45) is 1.11. The molecule has 21 heavy (non-hydrogen) atoms. The number of carboxylic acid groups (broad SMARTS) is 1. The Hall–Kier alpha value is -1.28. The molecule has 0 aromatic carbocycles. The van der Waals surface area contributed by atoms with Crippen molar-refractivity contribution in [3.05, 3.63) is 0 Å². The number of rotatable bonds is 6. The fourth-order valence-electron chi connectivity index (χ4n) is 2.51. The summed E-state index contributed by atoms with van der Waals surface area (Å²) >= 11 is 1.22. The lowest BCUT2D eigenvalue weighted by molar-refractivity contribution is -0.133. The molecule has 1 N–H and O–H groups in total. The lowest BCUT2D eigenvalue weighted by atomic mass is 10.2. The second-order valence-electron chi connectivity index (χ2n) is 5.78. The highest BCUT2D eigenvalue weighted by molar-refractivity contribution is 7.99. The van der Waals surface area contributed by atoms with E-state index in [0.29, 0.717) is 11.2 Å². The molecule has 1 aliphatic heterocycles. The van der Waals surface area contributed by atoms with Crippen LogP contribution in [-0.4, -0.2) is 69.7 Å². The molecule has 1 aliphatic rings. The maximum atomic E-state index is 10.7. The summed E-state index contributed by atoms with van der Waals surface area (Å²) in [6, 6.07) is 0.724. The van der Waals surface area contributed by atoms with E-state index >= 15 is 0 Å². The Balaban J connectivity index is 2.18. The van der Waals surface area contributed by atoms with Crippen molar-refractivity contribution in [3.63, 3.8) is 0 Å². The van der Waals surface area contributed by atoms with E-state index in [0.717, 1.165) is 25.5 Å². The first-order chi connectivity index (χ1) is 9.90. The van der Waals surface area contributed by atoms with Crippen LogP contribution < -0.4 is 4.90 Å². The van der Waals surface area contributed by atoms with Gasteiger partial charge in [-0.15, -0.1) is 10.2 Å². The predicted molar refractivity (Wildman–Crippen MR) is 83.1 cm³/mol. The number of thioether (sulfide) groups is 1. The summed E-state index contributed by atoms with van der Waals surface area (Å²) in [5, 5.41) is 18.0. The van der Waals surface area contributed by atoms with Crippen LogP contribution in [0, 0.1) is 0 Å². The minimum Gasteiger partial charge on any atom is -0.481 e. The number of anilines is 1. The summed E-state index contributed by atoms with van der Waals surface area (Å²) in [5.74, 6) is 0.0153. The number of hydrogen-bond acceptors (Lipinski definition) is 6. The van der Waals surface area contributed by atoms with E-state index in [9.17, 15) is 4.79 Å². The average molecular weight is 313 g/mol. The molecule has 2 rings (SSSR count). The molecule has 8 heteroatoms. The predicted octanol–water partition coefficient (Wildman–Crippen LogP) is 1.18. The average Bonchev–Trinajstić information content (AvgIpc) is 3.02. The van der Waals surface area contributed by atoms with Gasteiger partial charge >= 0.3 is 5.97 Å². The van der Waals surface area contributed by atoms with Crippen molar-refractivity contribution in [3.8, 4) is 0 Å². The number of nitrogens with zero attached hydrogens (tertiary/aromatic N) is 5. The van der Waals surface area contributed by atoms with Crippen LogP contribution in [0.5, 0.6) is 0 Å². The molecular weight excluding hydrogens is 290 g/mol. The molecule has 1 unspecified atom stereocenters. The molecule has 7 nitrogen and oxygen atoms in total. The third-order valence-electron chi connectivity index (χ3n) is 3.66. The Morgan fingerprint density at radius 3 is 2.71 bits per heavy atom. The highest BCUT2D eigenvalue weighted by Gasteiger charge is 2.29. The van der Waals surface area contributed by atoms with Gasteiger partial charge in [0.1, 0.15) is 0 Å². The zero-order chi connectivity index (χ0) is 15.6. The maximum absolute atomic E-state index is 10.7. The third kappa shape index (κ3) is 3.68. The molecular formula is C13H23N5O2S. The third-order valence-corrected chi connectivity index (χ3v) is 4.59. The topological polar surface area (TPSA) is 74.5 Å². The molecule has 0 saturated carbocycles. The molecule has 1 aromatic heterocycles. The van der Waals surface area contributed by atoms with Gasteiger partial charge in [-0.25, -0.2) is 0 Å². The van der Waals surface area contributed by atoms with E-state index in [1.54, 1.807) is 0 Å².